The Labute approximate surface area is 42.8 Å². The van der Waals surface area contributed by atoms with Gasteiger partial charge in [-0.3, -0.25) is 0 Å². The zero-order chi connectivity index (χ0) is 3.41. The Morgan fingerprint density at radius 3 is 2.00 bits per heavy atom. The van der Waals surface area contributed by atoms with Crippen molar-refractivity contribution >= 4 is 25.0 Å². The Kier molecular flexibility index (Phi) is 15.9. The number of nitrogens with zero attached hydrogens (tertiary/aromatic N) is 1. The molecule has 1 nitrogen and oxygen atoms in total. The molecule has 0 bridgehead atoms. The summed E-state index contributed by atoms with van der Waals surface area (Å²) in [5.74, 6) is 0.319. The van der Waals surface area contributed by atoms with Gasteiger partial charge in [-0.05, 0) is 0 Å². The van der Waals surface area contributed by atoms with Crippen molar-refractivity contribution in [2.75, 3.05) is 5.75 Å². The number of hydrogen-bond donors (Lipinski definition) is 1. The van der Waals surface area contributed by atoms with E-state index in [4.69, 9.17) is 5.26 Å². The minimum Gasteiger partial charge on any atom is -0.197 e. The van der Waals surface area contributed by atoms with E-state index in [-0.39, 0.29) is 12.4 Å². The lowest BCUT2D eigenvalue weighted by Gasteiger charge is -1.47. The van der Waals surface area contributed by atoms with Gasteiger partial charge in [0.05, 0.1) is 11.8 Å². The quantitative estimate of drug-likeness (QED) is 0.459. The van der Waals surface area contributed by atoms with E-state index in [2.05, 4.69) is 12.6 Å². The van der Waals surface area contributed by atoms with Crippen LogP contribution in [0.4, 0.5) is 0 Å². The average Bonchev–Trinajstić information content (AvgIpc) is 1.37. The maximum Gasteiger partial charge on any atom is 0.0777 e. The van der Waals surface area contributed by atoms with Crippen LogP contribution in [-0.2, 0) is 0 Å². The van der Waals surface area contributed by atoms with E-state index in [0.29, 0.717) is 5.75 Å². The van der Waals surface area contributed by atoms with Crippen molar-refractivity contribution in [1.29, 1.82) is 5.26 Å². The summed E-state index contributed by atoms with van der Waals surface area (Å²) >= 11 is 3.56. The highest BCUT2D eigenvalue weighted by Gasteiger charge is 1.50. The molecule has 3 heteroatoms. The van der Waals surface area contributed by atoms with Crippen LogP contribution in [0.15, 0.2) is 0 Å². The summed E-state index contributed by atoms with van der Waals surface area (Å²) in [4.78, 5) is 0. The minimum atomic E-state index is 0. The number of hydrogen-bond acceptors (Lipinski definition) is 2. The van der Waals surface area contributed by atoms with Crippen molar-refractivity contribution < 1.29 is 0 Å². The van der Waals surface area contributed by atoms with Crippen LogP contribution in [0.1, 0.15) is 0 Å². The molecule has 0 aromatic carbocycles. The Morgan fingerprint density at radius 1 is 1.80 bits per heavy atom. The number of halogens is 1. The number of rotatable bonds is 0. The molecule has 0 saturated heterocycles. The highest BCUT2D eigenvalue weighted by molar-refractivity contribution is 7.80. The fraction of sp³-hybridized carbons (Fsp3) is 0.500. The predicted octanol–water partition coefficient (Wildman–Crippen LogP) is 0.862. The molecule has 0 amide bonds. The van der Waals surface area contributed by atoms with Gasteiger partial charge in [-0.25, -0.2) is 0 Å². The van der Waals surface area contributed by atoms with E-state index >= 15 is 0 Å². The van der Waals surface area contributed by atoms with Gasteiger partial charge in [0.15, 0.2) is 0 Å². The summed E-state index contributed by atoms with van der Waals surface area (Å²) in [6, 6.07) is 1.79. The summed E-state index contributed by atoms with van der Waals surface area (Å²) in [6.07, 6.45) is 0. The number of thiol groups is 1. The van der Waals surface area contributed by atoms with Crippen LogP contribution < -0.4 is 0 Å². The van der Waals surface area contributed by atoms with Crippen LogP contribution in [0.5, 0.6) is 0 Å². The largest absolute Gasteiger partial charge is 0.197 e. The molecule has 0 rings (SSSR count). The second kappa shape index (κ2) is 8.92. The van der Waals surface area contributed by atoms with E-state index in [9.17, 15) is 0 Å². The second-order valence-corrected chi connectivity index (χ2v) is 0.632. The van der Waals surface area contributed by atoms with Crippen LogP contribution in [0.25, 0.3) is 0 Å². The van der Waals surface area contributed by atoms with E-state index in [0.717, 1.165) is 0 Å². The lowest BCUT2D eigenvalue weighted by Crippen LogP contribution is -1.47. The molecule has 0 fully saturated rings. The third-order valence-electron chi connectivity index (χ3n) is 0.0707. The van der Waals surface area contributed by atoms with Crippen molar-refractivity contribution in [1.82, 2.24) is 0 Å². The van der Waals surface area contributed by atoms with Crippen molar-refractivity contribution in [2.24, 2.45) is 0 Å². The Balaban J connectivity index is 0. The fourth-order valence-electron chi connectivity index (χ4n) is 0. The summed E-state index contributed by atoms with van der Waals surface area (Å²) in [5.41, 5.74) is 0. The van der Waals surface area contributed by atoms with Crippen LogP contribution in [0.3, 0.4) is 0 Å². The van der Waals surface area contributed by atoms with E-state index in [1.54, 1.807) is 6.07 Å². The predicted molar refractivity (Wildman–Crippen MR) is 26.7 cm³/mol. The maximum atomic E-state index is 7.55. The topological polar surface area (TPSA) is 23.8 Å². The molecule has 5 heavy (non-hydrogen) atoms. The molecule has 0 spiro atoms. The molecule has 0 heterocycles. The number of nitriles is 1. The Hall–Kier alpha value is 0.130. The molecule has 0 aliphatic heterocycles. The fourth-order valence-corrected chi connectivity index (χ4v) is 0. The first-order chi connectivity index (χ1) is 1.91. The lowest BCUT2D eigenvalue weighted by atomic mass is 10.9. The first-order valence-electron chi connectivity index (χ1n) is 0.893. The molecule has 0 N–H and O–H groups in total. The molecular formula is C2H4ClNS. The van der Waals surface area contributed by atoms with Crippen LogP contribution in [0, 0.1) is 11.3 Å². The third kappa shape index (κ3) is 14.7. The van der Waals surface area contributed by atoms with Crippen molar-refractivity contribution in [3.63, 3.8) is 0 Å². The first kappa shape index (κ1) is 8.93. The molecule has 0 aliphatic carbocycles. The highest BCUT2D eigenvalue weighted by Crippen LogP contribution is 1.59. The van der Waals surface area contributed by atoms with Gasteiger partial charge < -0.3 is 0 Å². The standard InChI is InChI=1S/C2H3NS.ClH/c3-1-2-4;/h4H,2H2;1H. The molecular weight excluding hydrogens is 106 g/mol. The van der Waals surface area contributed by atoms with Gasteiger partial charge in [0.1, 0.15) is 0 Å². The molecule has 30 valence electrons. The van der Waals surface area contributed by atoms with Crippen molar-refractivity contribution in [3.05, 3.63) is 0 Å². The molecule has 0 atom stereocenters. The SMILES string of the molecule is Cl.N#CCS. The molecule has 0 unspecified atom stereocenters. The summed E-state index contributed by atoms with van der Waals surface area (Å²) in [5, 5.41) is 7.55. The lowest BCUT2D eigenvalue weighted by molar-refractivity contribution is 1.50. The van der Waals surface area contributed by atoms with Gasteiger partial charge >= 0.3 is 0 Å². The summed E-state index contributed by atoms with van der Waals surface area (Å²) in [7, 11) is 0. The van der Waals surface area contributed by atoms with E-state index < -0.39 is 0 Å². The Bertz CT molecular complexity index is 39.4. The maximum absolute atomic E-state index is 7.55. The zero-order valence-corrected chi connectivity index (χ0v) is 4.22. The van der Waals surface area contributed by atoms with E-state index in [1.165, 1.54) is 0 Å². The second-order valence-electron chi connectivity index (χ2n) is 0.316. The van der Waals surface area contributed by atoms with Gasteiger partial charge in [0.2, 0.25) is 0 Å². The molecule has 0 saturated carbocycles. The van der Waals surface area contributed by atoms with Crippen molar-refractivity contribution in [2.45, 2.75) is 0 Å². The van der Waals surface area contributed by atoms with Gasteiger partial charge in [0, 0.05) is 0 Å². The summed E-state index contributed by atoms with van der Waals surface area (Å²) in [6.45, 7) is 0. The van der Waals surface area contributed by atoms with Gasteiger partial charge in [-0.1, -0.05) is 0 Å². The van der Waals surface area contributed by atoms with Crippen molar-refractivity contribution in [3.8, 4) is 6.07 Å². The molecule has 0 aromatic heterocycles. The minimum absolute atomic E-state index is 0. The average molecular weight is 110 g/mol. The molecule has 0 aromatic rings. The van der Waals surface area contributed by atoms with Crippen LogP contribution in [-0.4, -0.2) is 5.75 Å². The smallest absolute Gasteiger partial charge is 0.0777 e. The normalized spacial score (nSPS) is 4.00. The van der Waals surface area contributed by atoms with Gasteiger partial charge in [-0.2, -0.15) is 17.9 Å². The third-order valence-corrected chi connectivity index (χ3v) is 0.212. The monoisotopic (exact) mass is 109 g/mol. The summed E-state index contributed by atoms with van der Waals surface area (Å²) < 4.78 is 0. The van der Waals surface area contributed by atoms with Gasteiger partial charge in [-0.15, -0.1) is 12.4 Å². The zero-order valence-electron chi connectivity index (χ0n) is 2.51. The van der Waals surface area contributed by atoms with Crippen LogP contribution >= 0.6 is 25.0 Å². The van der Waals surface area contributed by atoms with Gasteiger partial charge in [0.25, 0.3) is 0 Å². The van der Waals surface area contributed by atoms with E-state index in [1.807, 2.05) is 0 Å². The highest BCUT2D eigenvalue weighted by atomic mass is 35.5. The molecule has 0 aliphatic rings. The van der Waals surface area contributed by atoms with Crippen LogP contribution in [0.2, 0.25) is 0 Å². The first-order valence-corrected chi connectivity index (χ1v) is 1.53. The molecule has 0 radical (unpaired) electrons. The Morgan fingerprint density at radius 2 is 2.00 bits per heavy atom.